The lowest BCUT2D eigenvalue weighted by atomic mass is 9.78. The summed E-state index contributed by atoms with van der Waals surface area (Å²) in [6.07, 6.45) is 9.88. The third-order valence-corrected chi connectivity index (χ3v) is 4.86. The second-order valence-corrected chi connectivity index (χ2v) is 6.85. The monoisotopic (exact) mass is 292 g/mol. The summed E-state index contributed by atoms with van der Waals surface area (Å²) in [5.74, 6) is 0.626. The molecule has 0 spiro atoms. The van der Waals surface area contributed by atoms with Gasteiger partial charge < -0.3 is 0 Å². The zero-order valence-electron chi connectivity index (χ0n) is 13.7. The van der Waals surface area contributed by atoms with E-state index in [1.165, 1.54) is 23.8 Å². The number of benzene rings is 1. The van der Waals surface area contributed by atoms with Crippen molar-refractivity contribution in [2.75, 3.05) is 0 Å². The molecule has 0 aliphatic heterocycles. The normalized spacial score (nSPS) is 19.6. The van der Waals surface area contributed by atoms with Crippen LogP contribution in [0, 0.1) is 5.92 Å². The number of hydrogen-bond donors (Lipinski definition) is 0. The highest BCUT2D eigenvalue weighted by Crippen LogP contribution is 2.34. The number of rotatable bonds is 3. The minimum Gasteiger partial charge on any atom is -0.286 e. The van der Waals surface area contributed by atoms with Gasteiger partial charge in [0.25, 0.3) is 0 Å². The van der Waals surface area contributed by atoms with E-state index in [1.807, 2.05) is 30.6 Å². The van der Waals surface area contributed by atoms with E-state index in [0.717, 1.165) is 17.5 Å². The third-order valence-electron chi connectivity index (χ3n) is 4.86. The maximum atomic E-state index is 4.94. The van der Waals surface area contributed by atoms with Gasteiger partial charge in [0.15, 0.2) is 0 Å². The average Bonchev–Trinajstić information content (AvgIpc) is 2.53. The summed E-state index contributed by atoms with van der Waals surface area (Å²) in [5.41, 5.74) is 3.68. The Balaban J connectivity index is 1.86. The van der Waals surface area contributed by atoms with Gasteiger partial charge in [0.1, 0.15) is 0 Å². The molecule has 2 nitrogen and oxygen atoms in total. The van der Waals surface area contributed by atoms with Crippen LogP contribution in [0.1, 0.15) is 45.6 Å². The highest BCUT2D eigenvalue weighted by atomic mass is 14.8. The van der Waals surface area contributed by atoms with Crippen molar-refractivity contribution in [2.45, 2.75) is 45.6 Å². The first-order valence-corrected chi connectivity index (χ1v) is 8.11. The van der Waals surface area contributed by atoms with E-state index >= 15 is 0 Å². The highest BCUT2D eigenvalue weighted by Gasteiger charge is 2.29. The van der Waals surface area contributed by atoms with Crippen LogP contribution in [0.5, 0.6) is 0 Å². The van der Waals surface area contributed by atoms with Crippen molar-refractivity contribution in [3.63, 3.8) is 0 Å². The van der Waals surface area contributed by atoms with Crippen LogP contribution in [-0.2, 0) is 0 Å². The zero-order valence-corrected chi connectivity index (χ0v) is 13.7. The summed E-state index contributed by atoms with van der Waals surface area (Å²) in [7, 11) is 0. The van der Waals surface area contributed by atoms with Gasteiger partial charge in [0.2, 0.25) is 0 Å². The Labute approximate surface area is 133 Å². The van der Waals surface area contributed by atoms with Gasteiger partial charge in [-0.3, -0.25) is 9.98 Å². The van der Waals surface area contributed by atoms with E-state index in [9.17, 15) is 0 Å². The molecule has 2 aromatic rings. The smallest absolute Gasteiger partial charge is 0.0708 e. The van der Waals surface area contributed by atoms with E-state index < -0.39 is 0 Å². The molecule has 2 heteroatoms. The number of allylic oxidation sites excluding steroid dienone is 2. The van der Waals surface area contributed by atoms with Crippen molar-refractivity contribution in [3.05, 3.63) is 53.7 Å². The molecule has 1 heterocycles. The summed E-state index contributed by atoms with van der Waals surface area (Å²) in [6, 6.07) is 10.3. The van der Waals surface area contributed by atoms with E-state index in [1.54, 1.807) is 0 Å². The zero-order chi connectivity index (χ0) is 15.6. The fourth-order valence-electron chi connectivity index (χ4n) is 3.18. The number of pyridine rings is 1. The molecule has 1 aliphatic rings. The fraction of sp³-hybridized carbons (Fsp3) is 0.400. The van der Waals surface area contributed by atoms with Gasteiger partial charge in [-0.05, 0) is 58.1 Å². The lowest BCUT2D eigenvalue weighted by molar-refractivity contribution is 0.298. The van der Waals surface area contributed by atoms with Crippen LogP contribution in [-0.4, -0.2) is 16.7 Å². The van der Waals surface area contributed by atoms with E-state index in [4.69, 9.17) is 4.99 Å². The van der Waals surface area contributed by atoms with Gasteiger partial charge in [0, 0.05) is 23.4 Å². The maximum Gasteiger partial charge on any atom is 0.0708 e. The lowest BCUT2D eigenvalue weighted by Gasteiger charge is -2.33. The van der Waals surface area contributed by atoms with E-state index in [2.05, 4.69) is 44.0 Å². The summed E-state index contributed by atoms with van der Waals surface area (Å²) >= 11 is 0. The van der Waals surface area contributed by atoms with Crippen LogP contribution in [0.4, 0.5) is 0 Å². The molecule has 22 heavy (non-hydrogen) atoms. The summed E-state index contributed by atoms with van der Waals surface area (Å²) < 4.78 is 0. The van der Waals surface area contributed by atoms with Gasteiger partial charge in [0.05, 0.1) is 11.1 Å². The summed E-state index contributed by atoms with van der Waals surface area (Å²) in [6.45, 7) is 6.74. The Hall–Kier alpha value is -1.96. The largest absolute Gasteiger partial charge is 0.286 e. The molecule has 1 unspecified atom stereocenters. The van der Waals surface area contributed by atoms with Gasteiger partial charge in [-0.2, -0.15) is 0 Å². The number of para-hydroxylation sites is 1. The van der Waals surface area contributed by atoms with Crippen molar-refractivity contribution < 1.29 is 0 Å². The van der Waals surface area contributed by atoms with Crippen molar-refractivity contribution in [2.24, 2.45) is 10.9 Å². The molecule has 1 aliphatic carbocycles. The molecular weight excluding hydrogens is 268 g/mol. The number of fused-ring (bicyclic) bond motifs is 1. The molecule has 1 atom stereocenters. The number of aromatic nitrogens is 1. The first-order chi connectivity index (χ1) is 10.6. The fourth-order valence-corrected chi connectivity index (χ4v) is 3.18. The minimum absolute atomic E-state index is 0.0262. The van der Waals surface area contributed by atoms with Crippen molar-refractivity contribution >= 4 is 17.1 Å². The summed E-state index contributed by atoms with van der Waals surface area (Å²) in [5, 5.41) is 1.17. The van der Waals surface area contributed by atoms with Crippen molar-refractivity contribution in [3.8, 4) is 0 Å². The summed E-state index contributed by atoms with van der Waals surface area (Å²) in [4.78, 5) is 9.36. The molecule has 114 valence electrons. The predicted molar refractivity (Wildman–Crippen MR) is 94.5 cm³/mol. The first kappa shape index (κ1) is 15.0. The molecule has 0 saturated carbocycles. The Kier molecular flexibility index (Phi) is 4.10. The molecule has 0 radical (unpaired) electrons. The van der Waals surface area contributed by atoms with Crippen LogP contribution in [0.15, 0.2) is 53.2 Å². The quantitative estimate of drug-likeness (QED) is 0.565. The SMILES string of the molecule is CC1=CCC(C(C)(C)N=Cc2ccnc3ccccc23)CC1. The topological polar surface area (TPSA) is 25.2 Å². The Morgan fingerprint density at radius 2 is 2.05 bits per heavy atom. The van der Waals surface area contributed by atoms with Crippen LogP contribution >= 0.6 is 0 Å². The van der Waals surface area contributed by atoms with Crippen molar-refractivity contribution in [1.29, 1.82) is 0 Å². The van der Waals surface area contributed by atoms with Crippen LogP contribution in [0.3, 0.4) is 0 Å². The molecule has 1 aromatic carbocycles. The second-order valence-electron chi connectivity index (χ2n) is 6.85. The van der Waals surface area contributed by atoms with Gasteiger partial charge in [-0.15, -0.1) is 0 Å². The Morgan fingerprint density at radius 3 is 2.82 bits per heavy atom. The Bertz CT molecular complexity index is 720. The van der Waals surface area contributed by atoms with Gasteiger partial charge >= 0.3 is 0 Å². The third kappa shape index (κ3) is 3.11. The molecule has 0 N–H and O–H groups in total. The second kappa shape index (κ2) is 6.04. The molecule has 0 amide bonds. The molecule has 1 aromatic heterocycles. The molecular formula is C20H24N2. The highest BCUT2D eigenvalue weighted by molar-refractivity contribution is 5.98. The number of hydrogen-bond acceptors (Lipinski definition) is 2. The molecule has 0 fully saturated rings. The van der Waals surface area contributed by atoms with E-state index in [0.29, 0.717) is 5.92 Å². The minimum atomic E-state index is -0.0262. The average molecular weight is 292 g/mol. The standard InChI is InChI=1S/C20H24N2/c1-15-8-10-17(11-9-15)20(2,3)22-14-16-12-13-21-19-7-5-4-6-18(16)19/h4-8,12-14,17H,9-11H2,1-3H3. The van der Waals surface area contributed by atoms with Gasteiger partial charge in [-0.1, -0.05) is 29.8 Å². The molecule has 0 bridgehead atoms. The molecule has 3 rings (SSSR count). The van der Waals surface area contributed by atoms with Gasteiger partial charge in [-0.25, -0.2) is 0 Å². The Morgan fingerprint density at radius 1 is 1.23 bits per heavy atom. The van der Waals surface area contributed by atoms with Crippen LogP contribution in [0.25, 0.3) is 10.9 Å². The number of aliphatic imine (C=N–C) groups is 1. The molecule has 0 saturated heterocycles. The van der Waals surface area contributed by atoms with Crippen LogP contribution < -0.4 is 0 Å². The first-order valence-electron chi connectivity index (χ1n) is 8.11. The number of nitrogens with zero attached hydrogens (tertiary/aromatic N) is 2. The maximum absolute atomic E-state index is 4.94. The predicted octanol–water partition coefficient (Wildman–Crippen LogP) is 5.18. The van der Waals surface area contributed by atoms with Crippen molar-refractivity contribution in [1.82, 2.24) is 4.98 Å². The lowest BCUT2D eigenvalue weighted by Crippen LogP contribution is -2.30. The van der Waals surface area contributed by atoms with Crippen LogP contribution in [0.2, 0.25) is 0 Å². The van der Waals surface area contributed by atoms with E-state index in [-0.39, 0.29) is 5.54 Å².